The average molecular weight is 285 g/mol. The van der Waals surface area contributed by atoms with Gasteiger partial charge in [0, 0.05) is 18.6 Å². The SMILES string of the molecule is O=C1NC(=O)C2(C[C@H]3CC[C@@H](C2)N3Cc2ccccc2)N1. The molecule has 3 aliphatic heterocycles. The molecular formula is C16H19N3O2. The highest BCUT2D eigenvalue weighted by Crippen LogP contribution is 2.42. The summed E-state index contributed by atoms with van der Waals surface area (Å²) in [5, 5.41) is 5.28. The molecule has 21 heavy (non-hydrogen) atoms. The number of amides is 3. The van der Waals surface area contributed by atoms with Crippen LogP contribution in [-0.4, -0.2) is 34.5 Å². The van der Waals surface area contributed by atoms with E-state index in [1.165, 1.54) is 5.56 Å². The number of fused-ring (bicyclic) bond motifs is 2. The van der Waals surface area contributed by atoms with Crippen LogP contribution < -0.4 is 10.6 Å². The van der Waals surface area contributed by atoms with Gasteiger partial charge in [-0.05, 0) is 31.2 Å². The summed E-state index contributed by atoms with van der Waals surface area (Å²) in [6, 6.07) is 10.9. The number of nitrogens with zero attached hydrogens (tertiary/aromatic N) is 1. The lowest BCUT2D eigenvalue weighted by atomic mass is 9.82. The van der Waals surface area contributed by atoms with Crippen molar-refractivity contribution < 1.29 is 9.59 Å². The summed E-state index contributed by atoms with van der Waals surface area (Å²) in [6.45, 7) is 0.932. The molecule has 0 aromatic heterocycles. The van der Waals surface area contributed by atoms with Crippen LogP contribution in [0.1, 0.15) is 31.2 Å². The molecule has 110 valence electrons. The van der Waals surface area contributed by atoms with Crippen LogP contribution in [0.3, 0.4) is 0 Å². The largest absolute Gasteiger partial charge is 0.323 e. The molecule has 0 aliphatic carbocycles. The summed E-state index contributed by atoms with van der Waals surface area (Å²) < 4.78 is 0. The van der Waals surface area contributed by atoms with E-state index >= 15 is 0 Å². The molecule has 3 atom stereocenters. The summed E-state index contributed by atoms with van der Waals surface area (Å²) >= 11 is 0. The van der Waals surface area contributed by atoms with Gasteiger partial charge in [-0.15, -0.1) is 0 Å². The molecule has 1 spiro atoms. The fraction of sp³-hybridized carbons (Fsp3) is 0.500. The predicted octanol–water partition coefficient (Wildman–Crippen LogP) is 1.39. The molecule has 5 nitrogen and oxygen atoms in total. The number of hydrogen-bond donors (Lipinski definition) is 2. The summed E-state index contributed by atoms with van der Waals surface area (Å²) in [5.74, 6) is -0.135. The highest BCUT2D eigenvalue weighted by Gasteiger charge is 2.55. The zero-order valence-corrected chi connectivity index (χ0v) is 11.8. The standard InChI is InChI=1S/C16H19N3O2/c20-14-16(18-15(21)17-14)8-12-6-7-13(9-16)19(12)10-11-4-2-1-3-5-11/h1-5,12-13H,6-10H2,(H2,17,18,20,21)/t12-,13+,16?. The third-order valence-electron chi connectivity index (χ3n) is 5.16. The Morgan fingerprint density at radius 2 is 1.76 bits per heavy atom. The van der Waals surface area contributed by atoms with E-state index in [4.69, 9.17) is 0 Å². The quantitative estimate of drug-likeness (QED) is 0.807. The molecule has 4 rings (SSSR count). The number of nitrogens with one attached hydrogen (secondary N) is 2. The molecule has 2 N–H and O–H groups in total. The van der Waals surface area contributed by atoms with Crippen molar-refractivity contribution in [2.75, 3.05) is 0 Å². The second-order valence-corrected chi connectivity index (χ2v) is 6.44. The lowest BCUT2D eigenvalue weighted by Gasteiger charge is -2.43. The first kappa shape index (κ1) is 12.8. The second-order valence-electron chi connectivity index (χ2n) is 6.44. The Kier molecular flexibility index (Phi) is 2.79. The topological polar surface area (TPSA) is 61.4 Å². The van der Waals surface area contributed by atoms with Crippen molar-refractivity contribution in [1.29, 1.82) is 0 Å². The van der Waals surface area contributed by atoms with E-state index in [1.807, 2.05) is 6.07 Å². The van der Waals surface area contributed by atoms with Gasteiger partial charge in [0.1, 0.15) is 5.54 Å². The van der Waals surface area contributed by atoms with Crippen molar-refractivity contribution in [3.63, 3.8) is 0 Å². The van der Waals surface area contributed by atoms with Crippen molar-refractivity contribution in [2.45, 2.75) is 49.9 Å². The maximum Gasteiger partial charge on any atom is 0.322 e. The molecule has 5 heteroatoms. The van der Waals surface area contributed by atoms with Gasteiger partial charge in [0.15, 0.2) is 0 Å². The van der Waals surface area contributed by atoms with Crippen molar-refractivity contribution in [1.82, 2.24) is 15.5 Å². The number of rotatable bonds is 2. The fourth-order valence-corrected chi connectivity index (χ4v) is 4.21. The summed E-state index contributed by atoms with van der Waals surface area (Å²) in [6.07, 6.45) is 3.69. The second kappa shape index (κ2) is 4.56. The maximum atomic E-state index is 12.1. The molecule has 0 saturated carbocycles. The van der Waals surface area contributed by atoms with E-state index in [9.17, 15) is 9.59 Å². The molecule has 1 aromatic rings. The molecule has 3 amide bonds. The Morgan fingerprint density at radius 1 is 1.10 bits per heavy atom. The third kappa shape index (κ3) is 2.03. The van der Waals surface area contributed by atoms with Crippen molar-refractivity contribution in [3.8, 4) is 0 Å². The van der Waals surface area contributed by atoms with Crippen molar-refractivity contribution in [2.24, 2.45) is 0 Å². The summed E-state index contributed by atoms with van der Waals surface area (Å²) in [5.41, 5.74) is 0.654. The summed E-state index contributed by atoms with van der Waals surface area (Å²) in [4.78, 5) is 26.1. The Bertz CT molecular complexity index is 572. The number of urea groups is 1. The molecule has 1 aromatic carbocycles. The molecule has 3 aliphatic rings. The predicted molar refractivity (Wildman–Crippen MR) is 77.4 cm³/mol. The number of imide groups is 1. The number of carbonyl (C=O) groups excluding carboxylic acids is 2. The average Bonchev–Trinajstić information content (AvgIpc) is 2.86. The maximum absolute atomic E-state index is 12.1. The molecular weight excluding hydrogens is 266 g/mol. The number of piperidine rings is 1. The van der Waals surface area contributed by atoms with Gasteiger partial charge < -0.3 is 5.32 Å². The Labute approximate surface area is 123 Å². The third-order valence-corrected chi connectivity index (χ3v) is 5.16. The van der Waals surface area contributed by atoms with Crippen LogP contribution in [-0.2, 0) is 11.3 Å². The van der Waals surface area contributed by atoms with Crippen LogP contribution in [0.15, 0.2) is 30.3 Å². The first-order valence-electron chi connectivity index (χ1n) is 7.60. The van der Waals surface area contributed by atoms with E-state index in [2.05, 4.69) is 39.8 Å². The van der Waals surface area contributed by atoms with E-state index in [-0.39, 0.29) is 11.9 Å². The normalized spacial score (nSPS) is 35.0. The van der Waals surface area contributed by atoms with E-state index < -0.39 is 5.54 Å². The van der Waals surface area contributed by atoms with Crippen LogP contribution in [0.25, 0.3) is 0 Å². The van der Waals surface area contributed by atoms with Crippen LogP contribution in [0.4, 0.5) is 4.79 Å². The van der Waals surface area contributed by atoms with E-state index in [1.54, 1.807) is 0 Å². The Morgan fingerprint density at radius 3 is 2.33 bits per heavy atom. The van der Waals surface area contributed by atoms with Gasteiger partial charge in [-0.3, -0.25) is 15.0 Å². The smallest absolute Gasteiger partial charge is 0.322 e. The lowest BCUT2D eigenvalue weighted by Crippen LogP contribution is -2.58. The van der Waals surface area contributed by atoms with Gasteiger partial charge in [0.25, 0.3) is 5.91 Å². The van der Waals surface area contributed by atoms with Crippen molar-refractivity contribution >= 4 is 11.9 Å². The lowest BCUT2D eigenvalue weighted by molar-refractivity contribution is -0.126. The number of carbonyl (C=O) groups is 2. The van der Waals surface area contributed by atoms with Crippen LogP contribution in [0.2, 0.25) is 0 Å². The molecule has 3 fully saturated rings. The minimum atomic E-state index is -0.657. The molecule has 2 bridgehead atoms. The van der Waals surface area contributed by atoms with Gasteiger partial charge in [0.05, 0.1) is 0 Å². The molecule has 3 heterocycles. The molecule has 1 unspecified atom stereocenters. The zero-order chi connectivity index (χ0) is 14.4. The molecule has 3 saturated heterocycles. The van der Waals surface area contributed by atoms with Gasteiger partial charge in [-0.25, -0.2) is 4.79 Å². The van der Waals surface area contributed by atoms with E-state index in [0.29, 0.717) is 12.1 Å². The first-order chi connectivity index (χ1) is 10.2. The van der Waals surface area contributed by atoms with Crippen LogP contribution in [0, 0.1) is 0 Å². The van der Waals surface area contributed by atoms with Crippen LogP contribution in [0.5, 0.6) is 0 Å². The monoisotopic (exact) mass is 285 g/mol. The van der Waals surface area contributed by atoms with Crippen LogP contribution >= 0.6 is 0 Å². The Hall–Kier alpha value is -1.88. The zero-order valence-electron chi connectivity index (χ0n) is 11.8. The van der Waals surface area contributed by atoms with Crippen molar-refractivity contribution in [3.05, 3.63) is 35.9 Å². The summed E-state index contributed by atoms with van der Waals surface area (Å²) in [7, 11) is 0. The minimum absolute atomic E-state index is 0.135. The highest BCUT2D eigenvalue weighted by molar-refractivity contribution is 6.07. The fourth-order valence-electron chi connectivity index (χ4n) is 4.21. The first-order valence-corrected chi connectivity index (χ1v) is 7.60. The van der Waals surface area contributed by atoms with Gasteiger partial charge >= 0.3 is 6.03 Å². The molecule has 0 radical (unpaired) electrons. The number of hydrogen-bond acceptors (Lipinski definition) is 3. The highest BCUT2D eigenvalue weighted by atomic mass is 16.2. The van der Waals surface area contributed by atoms with E-state index in [0.717, 1.165) is 32.2 Å². The van der Waals surface area contributed by atoms with Gasteiger partial charge in [-0.1, -0.05) is 30.3 Å². The Balaban J connectivity index is 1.54. The van der Waals surface area contributed by atoms with Gasteiger partial charge in [-0.2, -0.15) is 0 Å². The van der Waals surface area contributed by atoms with Gasteiger partial charge in [0.2, 0.25) is 0 Å². The number of benzene rings is 1. The minimum Gasteiger partial charge on any atom is -0.323 e.